The number of aromatic carboxylic acids is 1. The maximum atomic E-state index is 10.3. The van der Waals surface area contributed by atoms with Crippen LogP contribution in [0.3, 0.4) is 0 Å². The van der Waals surface area contributed by atoms with Gasteiger partial charge >= 0.3 is 51.4 Å². The molecule has 5 heteroatoms. The second-order valence-electron chi connectivity index (χ2n) is 1.87. The SMILES string of the molecule is O=C([O-])c1ccccc1OO.[K+]. The van der Waals surface area contributed by atoms with Crippen molar-refractivity contribution < 1.29 is 71.4 Å². The van der Waals surface area contributed by atoms with Crippen LogP contribution in [0.15, 0.2) is 24.3 Å². The summed E-state index contributed by atoms with van der Waals surface area (Å²) in [5.41, 5.74) is -0.171. The molecule has 0 bridgehead atoms. The number of hydrogen-bond acceptors (Lipinski definition) is 4. The van der Waals surface area contributed by atoms with Gasteiger partial charge in [-0.1, -0.05) is 12.1 Å². The van der Waals surface area contributed by atoms with Gasteiger partial charge in [0.2, 0.25) is 0 Å². The fourth-order valence-electron chi connectivity index (χ4n) is 0.715. The summed E-state index contributed by atoms with van der Waals surface area (Å²) < 4.78 is 0. The molecule has 0 fully saturated rings. The first-order valence-corrected chi connectivity index (χ1v) is 2.87. The summed E-state index contributed by atoms with van der Waals surface area (Å²) in [5, 5.41) is 18.5. The standard InChI is InChI=1S/C7H6O4.K/c8-7(9)5-3-1-2-4-6(5)11-10;/h1-4,10H,(H,8,9);/q;+1/p-1. The predicted molar refractivity (Wildman–Crippen MR) is 34.0 cm³/mol. The molecule has 0 aliphatic rings. The monoisotopic (exact) mass is 192 g/mol. The van der Waals surface area contributed by atoms with E-state index >= 15 is 0 Å². The van der Waals surface area contributed by atoms with Gasteiger partial charge in [-0.05, 0) is 12.1 Å². The zero-order valence-electron chi connectivity index (χ0n) is 6.48. The summed E-state index contributed by atoms with van der Waals surface area (Å²) in [5.74, 6) is -1.50. The molecule has 0 heterocycles. The molecule has 0 saturated carbocycles. The molecule has 1 aromatic carbocycles. The van der Waals surface area contributed by atoms with Gasteiger partial charge in [0.05, 0.1) is 5.97 Å². The molecule has 0 aromatic heterocycles. The minimum atomic E-state index is -1.38. The average molecular weight is 192 g/mol. The molecule has 0 saturated heterocycles. The van der Waals surface area contributed by atoms with Crippen LogP contribution < -0.4 is 61.4 Å². The Morgan fingerprint density at radius 1 is 1.42 bits per heavy atom. The normalized spacial score (nSPS) is 8.42. The molecule has 58 valence electrons. The van der Waals surface area contributed by atoms with E-state index in [4.69, 9.17) is 5.26 Å². The van der Waals surface area contributed by atoms with Crippen molar-refractivity contribution in [3.05, 3.63) is 29.8 Å². The van der Waals surface area contributed by atoms with Crippen molar-refractivity contribution in [2.45, 2.75) is 0 Å². The molecule has 0 atom stereocenters. The zero-order chi connectivity index (χ0) is 8.27. The molecule has 0 aliphatic heterocycles. The maximum Gasteiger partial charge on any atom is 1.00 e. The Hall–Kier alpha value is 0.0864. The van der Waals surface area contributed by atoms with Crippen LogP contribution in [0.2, 0.25) is 0 Å². The van der Waals surface area contributed by atoms with Gasteiger partial charge in [0.25, 0.3) is 0 Å². The minimum Gasteiger partial charge on any atom is -0.545 e. The summed E-state index contributed by atoms with van der Waals surface area (Å²) in [7, 11) is 0. The molecule has 1 N–H and O–H groups in total. The van der Waals surface area contributed by atoms with E-state index in [1.54, 1.807) is 0 Å². The predicted octanol–water partition coefficient (Wildman–Crippen LogP) is -3.09. The van der Waals surface area contributed by atoms with Crippen LogP contribution in [-0.2, 0) is 0 Å². The molecule has 0 spiro atoms. The van der Waals surface area contributed by atoms with Crippen molar-refractivity contribution in [3.8, 4) is 5.75 Å². The van der Waals surface area contributed by atoms with Gasteiger partial charge < -0.3 is 14.8 Å². The Morgan fingerprint density at radius 3 is 2.42 bits per heavy atom. The summed E-state index contributed by atoms with van der Waals surface area (Å²) in [4.78, 5) is 14.1. The Morgan fingerprint density at radius 2 is 2.00 bits per heavy atom. The number of para-hydroxylation sites is 1. The zero-order valence-corrected chi connectivity index (χ0v) is 9.60. The molecule has 12 heavy (non-hydrogen) atoms. The molecule has 0 radical (unpaired) electrons. The Bertz CT molecular complexity index is 274. The number of rotatable bonds is 2. The van der Waals surface area contributed by atoms with Gasteiger partial charge in [-0.25, -0.2) is 5.26 Å². The number of carboxylic acids is 1. The van der Waals surface area contributed by atoms with Crippen LogP contribution in [0.4, 0.5) is 0 Å². The van der Waals surface area contributed by atoms with Crippen LogP contribution in [0, 0.1) is 0 Å². The van der Waals surface area contributed by atoms with Crippen LogP contribution >= 0.6 is 0 Å². The number of hydrogen-bond donors (Lipinski definition) is 1. The van der Waals surface area contributed by atoms with Crippen molar-refractivity contribution >= 4 is 5.97 Å². The topological polar surface area (TPSA) is 69.6 Å². The third kappa shape index (κ3) is 2.85. The van der Waals surface area contributed by atoms with Gasteiger partial charge in [-0.2, -0.15) is 0 Å². The van der Waals surface area contributed by atoms with Gasteiger partial charge in [-0.3, -0.25) is 0 Å². The van der Waals surface area contributed by atoms with Crippen LogP contribution in [0.25, 0.3) is 0 Å². The van der Waals surface area contributed by atoms with Crippen molar-refractivity contribution in [2.24, 2.45) is 0 Å². The van der Waals surface area contributed by atoms with Crippen LogP contribution in [0.5, 0.6) is 5.75 Å². The molecule has 0 aliphatic carbocycles. The third-order valence-electron chi connectivity index (χ3n) is 1.21. The molecule has 1 rings (SSSR count). The summed E-state index contributed by atoms with van der Waals surface area (Å²) in [6.07, 6.45) is 0. The van der Waals surface area contributed by atoms with Gasteiger partial charge in [0.1, 0.15) is 0 Å². The van der Waals surface area contributed by atoms with Crippen LogP contribution in [-0.4, -0.2) is 11.2 Å². The van der Waals surface area contributed by atoms with Crippen LogP contribution in [0.1, 0.15) is 10.4 Å². The van der Waals surface area contributed by atoms with E-state index < -0.39 is 5.97 Å². The van der Waals surface area contributed by atoms with Crippen molar-refractivity contribution in [1.82, 2.24) is 0 Å². The van der Waals surface area contributed by atoms with E-state index in [1.165, 1.54) is 24.3 Å². The molecule has 0 unspecified atom stereocenters. The van der Waals surface area contributed by atoms with Crippen molar-refractivity contribution in [2.75, 3.05) is 0 Å². The summed E-state index contributed by atoms with van der Waals surface area (Å²) >= 11 is 0. The van der Waals surface area contributed by atoms with Gasteiger partial charge in [-0.15, -0.1) is 0 Å². The van der Waals surface area contributed by atoms with E-state index in [0.29, 0.717) is 0 Å². The van der Waals surface area contributed by atoms with E-state index in [0.717, 1.165) is 0 Å². The average Bonchev–Trinajstić information content (AvgIpc) is 2.04. The van der Waals surface area contributed by atoms with E-state index in [1.807, 2.05) is 0 Å². The smallest absolute Gasteiger partial charge is 0.545 e. The largest absolute Gasteiger partial charge is 1.00 e. The third-order valence-corrected chi connectivity index (χ3v) is 1.21. The second kappa shape index (κ2) is 5.68. The Kier molecular flexibility index (Phi) is 5.72. The summed E-state index contributed by atoms with van der Waals surface area (Å²) in [6, 6.07) is 5.65. The molecule has 1 aromatic rings. The number of benzene rings is 1. The summed E-state index contributed by atoms with van der Waals surface area (Å²) in [6.45, 7) is 0. The molecular weight excluding hydrogens is 187 g/mol. The maximum absolute atomic E-state index is 10.3. The van der Waals surface area contributed by atoms with Crippen molar-refractivity contribution in [3.63, 3.8) is 0 Å². The first-order chi connectivity index (χ1) is 5.25. The first-order valence-electron chi connectivity index (χ1n) is 2.87. The van der Waals surface area contributed by atoms with Gasteiger partial charge in [0.15, 0.2) is 5.75 Å². The number of carbonyl (C=O) groups is 1. The van der Waals surface area contributed by atoms with E-state index in [-0.39, 0.29) is 62.7 Å². The van der Waals surface area contributed by atoms with E-state index in [9.17, 15) is 9.90 Å². The van der Waals surface area contributed by atoms with Crippen molar-refractivity contribution in [1.29, 1.82) is 0 Å². The first kappa shape index (κ1) is 12.1. The quantitative estimate of drug-likeness (QED) is 0.306. The molecule has 4 nitrogen and oxygen atoms in total. The second-order valence-corrected chi connectivity index (χ2v) is 1.87. The number of carbonyl (C=O) groups excluding carboxylic acids is 1. The van der Waals surface area contributed by atoms with Gasteiger partial charge in [0, 0.05) is 5.56 Å². The van der Waals surface area contributed by atoms with E-state index in [2.05, 4.69) is 4.89 Å². The molecular formula is C7H5KO4. The Balaban J connectivity index is 0.00000121. The Labute approximate surface area is 112 Å². The fraction of sp³-hybridized carbons (Fsp3) is 0. The molecule has 0 amide bonds. The fourth-order valence-corrected chi connectivity index (χ4v) is 0.715. The number of carboxylic acid groups (broad SMARTS) is 1. The minimum absolute atomic E-state index is 0.